The van der Waals surface area contributed by atoms with Crippen molar-refractivity contribution in [1.29, 1.82) is 0 Å². The van der Waals surface area contributed by atoms with Crippen molar-refractivity contribution >= 4 is 21.8 Å². The van der Waals surface area contributed by atoms with Gasteiger partial charge >= 0.3 is 0 Å². The van der Waals surface area contributed by atoms with Crippen LogP contribution >= 0.6 is 15.9 Å². The summed E-state index contributed by atoms with van der Waals surface area (Å²) >= 11 is 3.35. The van der Waals surface area contributed by atoms with Crippen molar-refractivity contribution < 1.29 is 9.53 Å². The Morgan fingerprint density at radius 2 is 1.83 bits per heavy atom. The highest BCUT2D eigenvalue weighted by Crippen LogP contribution is 2.27. The summed E-state index contributed by atoms with van der Waals surface area (Å²) in [6, 6.07) is 12.7. The molecular formula is C14H12BrNO2. The first-order valence-electron chi connectivity index (χ1n) is 5.40. The van der Waals surface area contributed by atoms with Gasteiger partial charge in [-0.1, -0.05) is 22.0 Å². The van der Waals surface area contributed by atoms with Crippen LogP contribution in [0.15, 0.2) is 46.9 Å². The van der Waals surface area contributed by atoms with Crippen LogP contribution in [-0.2, 0) is 0 Å². The number of primary amides is 1. The SMILES string of the molecule is Cc1ccc(C(N)=O)c(Oc2ccc(Br)cc2)c1. The highest BCUT2D eigenvalue weighted by atomic mass is 79.9. The maximum Gasteiger partial charge on any atom is 0.252 e. The monoisotopic (exact) mass is 305 g/mol. The van der Waals surface area contributed by atoms with Crippen molar-refractivity contribution in [3.05, 3.63) is 58.1 Å². The van der Waals surface area contributed by atoms with Gasteiger partial charge in [0.25, 0.3) is 5.91 Å². The molecule has 0 radical (unpaired) electrons. The van der Waals surface area contributed by atoms with Crippen LogP contribution in [0, 0.1) is 6.92 Å². The first kappa shape index (κ1) is 12.6. The Kier molecular flexibility index (Phi) is 3.67. The van der Waals surface area contributed by atoms with E-state index in [0.29, 0.717) is 17.1 Å². The molecule has 18 heavy (non-hydrogen) atoms. The number of hydrogen-bond donors (Lipinski definition) is 1. The zero-order valence-electron chi connectivity index (χ0n) is 9.81. The number of carbonyl (C=O) groups is 1. The quantitative estimate of drug-likeness (QED) is 0.941. The number of rotatable bonds is 3. The van der Waals surface area contributed by atoms with Crippen LogP contribution in [0.5, 0.6) is 11.5 Å². The Morgan fingerprint density at radius 1 is 1.17 bits per heavy atom. The molecule has 1 amide bonds. The minimum Gasteiger partial charge on any atom is -0.457 e. The van der Waals surface area contributed by atoms with Gasteiger partial charge in [-0.05, 0) is 48.9 Å². The fourth-order valence-corrected chi connectivity index (χ4v) is 1.81. The lowest BCUT2D eigenvalue weighted by atomic mass is 10.1. The predicted octanol–water partition coefficient (Wildman–Crippen LogP) is 3.65. The van der Waals surface area contributed by atoms with E-state index in [1.165, 1.54) is 0 Å². The van der Waals surface area contributed by atoms with Crippen molar-refractivity contribution in [3.63, 3.8) is 0 Å². The lowest BCUT2D eigenvalue weighted by molar-refractivity contribution is 0.0998. The third kappa shape index (κ3) is 2.90. The van der Waals surface area contributed by atoms with E-state index in [1.54, 1.807) is 12.1 Å². The van der Waals surface area contributed by atoms with Crippen LogP contribution < -0.4 is 10.5 Å². The van der Waals surface area contributed by atoms with Gasteiger partial charge in [0.1, 0.15) is 11.5 Å². The first-order valence-corrected chi connectivity index (χ1v) is 6.19. The van der Waals surface area contributed by atoms with Crippen molar-refractivity contribution in [2.75, 3.05) is 0 Å². The van der Waals surface area contributed by atoms with Crippen LogP contribution in [0.3, 0.4) is 0 Å². The average molecular weight is 306 g/mol. The topological polar surface area (TPSA) is 52.3 Å². The van der Waals surface area contributed by atoms with Gasteiger partial charge in [-0.25, -0.2) is 0 Å². The molecule has 0 heterocycles. The van der Waals surface area contributed by atoms with Gasteiger partial charge in [-0.15, -0.1) is 0 Å². The van der Waals surface area contributed by atoms with E-state index < -0.39 is 5.91 Å². The van der Waals surface area contributed by atoms with Crippen molar-refractivity contribution in [2.24, 2.45) is 5.73 Å². The molecule has 0 bridgehead atoms. The van der Waals surface area contributed by atoms with Crippen LogP contribution in [0.1, 0.15) is 15.9 Å². The Bertz CT molecular complexity index is 579. The molecule has 2 aromatic rings. The summed E-state index contributed by atoms with van der Waals surface area (Å²) in [6.45, 7) is 1.93. The summed E-state index contributed by atoms with van der Waals surface area (Å²) in [5.41, 5.74) is 6.70. The van der Waals surface area contributed by atoms with Crippen LogP contribution in [0.2, 0.25) is 0 Å². The maximum atomic E-state index is 11.3. The lowest BCUT2D eigenvalue weighted by Gasteiger charge is -2.10. The molecule has 0 aliphatic heterocycles. The number of benzene rings is 2. The second kappa shape index (κ2) is 5.23. The number of halogens is 1. The van der Waals surface area contributed by atoms with Gasteiger partial charge in [0.2, 0.25) is 0 Å². The third-order valence-corrected chi connectivity index (χ3v) is 2.97. The predicted molar refractivity (Wildman–Crippen MR) is 73.9 cm³/mol. The van der Waals surface area contributed by atoms with Crippen LogP contribution in [0.4, 0.5) is 0 Å². The molecule has 0 aliphatic carbocycles. The fraction of sp³-hybridized carbons (Fsp3) is 0.0714. The maximum absolute atomic E-state index is 11.3. The van der Waals surface area contributed by atoms with Gasteiger partial charge in [0.15, 0.2) is 0 Å². The Hall–Kier alpha value is -1.81. The molecule has 0 aliphatic rings. The smallest absolute Gasteiger partial charge is 0.252 e. The van der Waals surface area contributed by atoms with Gasteiger partial charge in [0, 0.05) is 4.47 Å². The summed E-state index contributed by atoms with van der Waals surface area (Å²) in [5.74, 6) is 0.637. The van der Waals surface area contributed by atoms with Gasteiger partial charge in [0.05, 0.1) is 5.56 Å². The van der Waals surface area contributed by atoms with E-state index in [4.69, 9.17) is 10.5 Å². The Morgan fingerprint density at radius 3 is 2.44 bits per heavy atom. The summed E-state index contributed by atoms with van der Waals surface area (Å²) in [6.07, 6.45) is 0. The number of nitrogens with two attached hydrogens (primary N) is 1. The van der Waals surface area contributed by atoms with E-state index in [2.05, 4.69) is 15.9 Å². The number of aryl methyl sites for hydroxylation is 1. The molecule has 0 aromatic heterocycles. The summed E-state index contributed by atoms with van der Waals surface area (Å²) < 4.78 is 6.65. The Balaban J connectivity index is 2.35. The molecule has 0 spiro atoms. The lowest BCUT2D eigenvalue weighted by Crippen LogP contribution is -2.12. The number of hydrogen-bond acceptors (Lipinski definition) is 2. The molecule has 2 aromatic carbocycles. The molecule has 0 fully saturated rings. The largest absolute Gasteiger partial charge is 0.457 e. The van der Waals surface area contributed by atoms with E-state index in [-0.39, 0.29) is 0 Å². The molecule has 0 saturated carbocycles. The number of ether oxygens (including phenoxy) is 1. The number of amides is 1. The number of carbonyl (C=O) groups excluding carboxylic acids is 1. The summed E-state index contributed by atoms with van der Waals surface area (Å²) in [4.78, 5) is 11.3. The highest BCUT2D eigenvalue weighted by Gasteiger charge is 2.10. The van der Waals surface area contributed by atoms with Crippen molar-refractivity contribution in [3.8, 4) is 11.5 Å². The van der Waals surface area contributed by atoms with Gasteiger partial charge < -0.3 is 10.5 Å². The molecular weight excluding hydrogens is 294 g/mol. The zero-order chi connectivity index (χ0) is 13.1. The fourth-order valence-electron chi connectivity index (χ4n) is 1.55. The first-order chi connectivity index (χ1) is 8.56. The van der Waals surface area contributed by atoms with E-state index in [1.807, 2.05) is 37.3 Å². The van der Waals surface area contributed by atoms with Gasteiger partial charge in [-0.2, -0.15) is 0 Å². The van der Waals surface area contributed by atoms with E-state index in [0.717, 1.165) is 10.0 Å². The molecule has 0 unspecified atom stereocenters. The normalized spacial score (nSPS) is 10.1. The van der Waals surface area contributed by atoms with Crippen LogP contribution in [0.25, 0.3) is 0 Å². The summed E-state index contributed by atoms with van der Waals surface area (Å²) in [5, 5.41) is 0. The molecule has 2 N–H and O–H groups in total. The molecule has 4 heteroatoms. The Labute approximate surface area is 114 Å². The minimum atomic E-state index is -0.498. The molecule has 92 valence electrons. The van der Waals surface area contributed by atoms with Crippen LogP contribution in [-0.4, -0.2) is 5.91 Å². The molecule has 0 saturated heterocycles. The third-order valence-electron chi connectivity index (χ3n) is 2.44. The van der Waals surface area contributed by atoms with Gasteiger partial charge in [-0.3, -0.25) is 4.79 Å². The minimum absolute atomic E-state index is 0.378. The van der Waals surface area contributed by atoms with E-state index >= 15 is 0 Å². The van der Waals surface area contributed by atoms with Crippen molar-refractivity contribution in [2.45, 2.75) is 6.92 Å². The van der Waals surface area contributed by atoms with Crippen molar-refractivity contribution in [1.82, 2.24) is 0 Å². The summed E-state index contributed by atoms with van der Waals surface area (Å²) in [7, 11) is 0. The molecule has 0 atom stereocenters. The highest BCUT2D eigenvalue weighted by molar-refractivity contribution is 9.10. The van der Waals surface area contributed by atoms with E-state index in [9.17, 15) is 4.79 Å². The second-order valence-corrected chi connectivity index (χ2v) is 4.84. The second-order valence-electron chi connectivity index (χ2n) is 3.92. The zero-order valence-corrected chi connectivity index (χ0v) is 11.4. The standard InChI is InChI=1S/C14H12BrNO2/c1-9-2-7-12(14(16)17)13(8-9)18-11-5-3-10(15)4-6-11/h2-8H,1H3,(H2,16,17). The molecule has 3 nitrogen and oxygen atoms in total. The average Bonchev–Trinajstić information content (AvgIpc) is 2.32. The molecule has 2 rings (SSSR count).